The predicted molar refractivity (Wildman–Crippen MR) is 165 cm³/mol. The number of piperazine rings is 1. The topological polar surface area (TPSA) is 76.4 Å². The average Bonchev–Trinajstić information content (AvgIpc) is 3.68. The van der Waals surface area contributed by atoms with E-state index in [0.29, 0.717) is 24.5 Å². The molecule has 1 fully saturated rings. The molecule has 3 aromatic carbocycles. The molecule has 1 aliphatic heterocycles. The third-order valence-corrected chi connectivity index (χ3v) is 9.12. The molecule has 5 aromatic rings. The molecule has 0 spiro atoms. The lowest BCUT2D eigenvalue weighted by molar-refractivity contribution is 0.0741. The van der Waals surface area contributed by atoms with Crippen molar-refractivity contribution in [3.05, 3.63) is 100.0 Å². The van der Waals surface area contributed by atoms with Crippen LogP contribution in [0.2, 0.25) is 5.02 Å². The Morgan fingerprint density at radius 2 is 1.76 bits per heavy atom. The molecular weight excluding hydrogens is 576 g/mol. The summed E-state index contributed by atoms with van der Waals surface area (Å²) in [5.74, 6) is 2.01. The van der Waals surface area contributed by atoms with Gasteiger partial charge in [0.05, 0.1) is 23.6 Å². The highest BCUT2D eigenvalue weighted by molar-refractivity contribution is 7.98. The molecule has 2 aromatic heterocycles. The van der Waals surface area contributed by atoms with Gasteiger partial charge in [0.2, 0.25) is 0 Å². The van der Waals surface area contributed by atoms with Crippen molar-refractivity contribution in [3.63, 3.8) is 0 Å². The number of para-hydroxylation sites is 2. The minimum atomic E-state index is -0.0379. The Kier molecular flexibility index (Phi) is 8.22. The number of thioether (sulfide) groups is 1. The first-order valence-corrected chi connectivity index (χ1v) is 15.4. The Hall–Kier alpha value is -3.86. The van der Waals surface area contributed by atoms with Gasteiger partial charge in [-0.05, 0) is 36.4 Å². The third-order valence-electron chi connectivity index (χ3n) is 6.83. The number of carbonyl (C=O) groups excluding carboxylic acids is 1. The Morgan fingerprint density at radius 3 is 2.54 bits per heavy atom. The lowest BCUT2D eigenvalue weighted by Gasteiger charge is -2.36. The van der Waals surface area contributed by atoms with Crippen LogP contribution in [0, 0.1) is 0 Å². The molecule has 41 heavy (non-hydrogen) atoms. The van der Waals surface area contributed by atoms with Crippen molar-refractivity contribution in [2.75, 3.05) is 38.2 Å². The van der Waals surface area contributed by atoms with Gasteiger partial charge in [0.1, 0.15) is 16.5 Å². The summed E-state index contributed by atoms with van der Waals surface area (Å²) in [6, 6.07) is 25.6. The summed E-state index contributed by atoms with van der Waals surface area (Å²) in [4.78, 5) is 22.0. The van der Waals surface area contributed by atoms with Crippen LogP contribution >= 0.6 is 34.7 Å². The van der Waals surface area contributed by atoms with Crippen LogP contribution in [0.1, 0.15) is 15.5 Å². The van der Waals surface area contributed by atoms with Crippen molar-refractivity contribution in [2.45, 2.75) is 10.9 Å². The lowest BCUT2D eigenvalue weighted by atomic mass is 10.2. The van der Waals surface area contributed by atoms with Crippen LogP contribution < -0.4 is 9.64 Å². The fourth-order valence-corrected chi connectivity index (χ4v) is 6.74. The summed E-state index contributed by atoms with van der Waals surface area (Å²) in [5.41, 5.74) is 3.36. The number of hydrogen-bond donors (Lipinski definition) is 0. The van der Waals surface area contributed by atoms with Crippen molar-refractivity contribution >= 4 is 46.3 Å². The zero-order valence-corrected chi connectivity index (χ0v) is 24.7. The normalized spacial score (nSPS) is 13.4. The fourth-order valence-electron chi connectivity index (χ4n) is 4.74. The van der Waals surface area contributed by atoms with Crippen LogP contribution in [0.3, 0.4) is 0 Å². The monoisotopic (exact) mass is 602 g/mol. The molecule has 0 radical (unpaired) electrons. The first-order chi connectivity index (χ1) is 20.1. The number of thiazole rings is 1. The van der Waals surface area contributed by atoms with Gasteiger partial charge in [-0.1, -0.05) is 65.8 Å². The van der Waals surface area contributed by atoms with Gasteiger partial charge in [0, 0.05) is 42.8 Å². The molecule has 0 unspecified atom stereocenters. The first-order valence-electron chi connectivity index (χ1n) is 13.1. The van der Waals surface area contributed by atoms with Crippen molar-refractivity contribution in [1.82, 2.24) is 24.6 Å². The maximum absolute atomic E-state index is 13.2. The molecule has 1 amide bonds. The maximum Gasteiger partial charge on any atom is 0.273 e. The molecule has 0 atom stereocenters. The number of anilines is 1. The molecule has 0 N–H and O–H groups in total. The van der Waals surface area contributed by atoms with E-state index < -0.39 is 0 Å². The fraction of sp³-hybridized carbons (Fsp3) is 0.200. The number of ether oxygens (including phenoxy) is 1. The number of hydrogen-bond acceptors (Lipinski definition) is 8. The molecule has 0 saturated carbocycles. The van der Waals surface area contributed by atoms with Crippen LogP contribution in [0.15, 0.2) is 89.4 Å². The van der Waals surface area contributed by atoms with Crippen LogP contribution in [-0.2, 0) is 5.75 Å². The van der Waals surface area contributed by atoms with Crippen molar-refractivity contribution in [3.8, 4) is 22.8 Å². The Balaban J connectivity index is 1.15. The van der Waals surface area contributed by atoms with Gasteiger partial charge in [-0.3, -0.25) is 9.36 Å². The molecule has 6 rings (SSSR count). The van der Waals surface area contributed by atoms with Gasteiger partial charge in [0.25, 0.3) is 5.91 Å². The van der Waals surface area contributed by atoms with Crippen molar-refractivity contribution in [2.24, 2.45) is 0 Å². The molecule has 8 nitrogen and oxygen atoms in total. The summed E-state index contributed by atoms with van der Waals surface area (Å²) in [7, 11) is 1.65. The summed E-state index contributed by atoms with van der Waals surface area (Å²) in [6.07, 6.45) is 0. The Labute approximate surface area is 251 Å². The molecule has 1 aliphatic rings. The second kappa shape index (κ2) is 12.3. The number of rotatable bonds is 8. The maximum atomic E-state index is 13.2. The molecule has 208 valence electrons. The van der Waals surface area contributed by atoms with Crippen LogP contribution in [-0.4, -0.2) is 63.8 Å². The van der Waals surface area contributed by atoms with Gasteiger partial charge >= 0.3 is 0 Å². The summed E-state index contributed by atoms with van der Waals surface area (Å²) in [5, 5.41) is 13.2. The first kappa shape index (κ1) is 27.3. The number of halogens is 1. The quantitative estimate of drug-likeness (QED) is 0.193. The van der Waals surface area contributed by atoms with E-state index in [4.69, 9.17) is 16.3 Å². The second-order valence-corrected chi connectivity index (χ2v) is 11.6. The van der Waals surface area contributed by atoms with Gasteiger partial charge in [0.15, 0.2) is 11.0 Å². The number of carbonyl (C=O) groups is 1. The Morgan fingerprint density at radius 1 is 0.976 bits per heavy atom. The van der Waals surface area contributed by atoms with Crippen LogP contribution in [0.5, 0.6) is 5.75 Å². The zero-order chi connectivity index (χ0) is 28.2. The lowest BCUT2D eigenvalue weighted by Crippen LogP contribution is -2.49. The van der Waals surface area contributed by atoms with Crippen molar-refractivity contribution in [1.29, 1.82) is 0 Å². The molecule has 11 heteroatoms. The van der Waals surface area contributed by atoms with Crippen LogP contribution in [0.4, 0.5) is 5.69 Å². The third kappa shape index (κ3) is 5.95. The van der Waals surface area contributed by atoms with E-state index in [2.05, 4.69) is 20.1 Å². The van der Waals surface area contributed by atoms with Crippen molar-refractivity contribution < 1.29 is 9.53 Å². The number of amides is 1. The highest BCUT2D eigenvalue weighted by Crippen LogP contribution is 2.32. The predicted octanol–water partition coefficient (Wildman–Crippen LogP) is 6.31. The molecule has 3 heterocycles. The average molecular weight is 603 g/mol. The number of aromatic nitrogens is 4. The van der Waals surface area contributed by atoms with E-state index in [1.54, 1.807) is 18.9 Å². The van der Waals surface area contributed by atoms with Gasteiger partial charge in [-0.15, -0.1) is 21.5 Å². The largest absolute Gasteiger partial charge is 0.497 e. The highest BCUT2D eigenvalue weighted by atomic mass is 35.5. The number of methoxy groups -OCH3 is 1. The molecule has 0 aliphatic carbocycles. The summed E-state index contributed by atoms with van der Waals surface area (Å²) in [6.45, 7) is 2.71. The second-order valence-electron chi connectivity index (χ2n) is 9.35. The van der Waals surface area contributed by atoms with E-state index in [1.165, 1.54) is 11.3 Å². The SMILES string of the molecule is COc1cccc(-c2nnc(SCc3nc(C(=O)N4CCN(c5ccccc5Cl)CC4)cs3)n2-c2ccccc2)c1. The van der Waals surface area contributed by atoms with E-state index in [-0.39, 0.29) is 5.91 Å². The summed E-state index contributed by atoms with van der Waals surface area (Å²) < 4.78 is 7.46. The standard InChI is InChI=1S/C30H27ClN6O2S2/c1-39-23-11-7-8-21(18-23)28-33-34-30(37(28)22-9-3-2-4-10-22)41-20-27-32-25(19-40-27)29(38)36-16-14-35(15-17-36)26-13-6-5-12-24(26)31/h2-13,18-19H,14-17,20H2,1H3. The van der Waals surface area contributed by atoms with Gasteiger partial charge in [-0.25, -0.2) is 4.98 Å². The summed E-state index contributed by atoms with van der Waals surface area (Å²) >= 11 is 9.40. The minimum Gasteiger partial charge on any atom is -0.497 e. The smallest absolute Gasteiger partial charge is 0.273 e. The zero-order valence-electron chi connectivity index (χ0n) is 22.3. The van der Waals surface area contributed by atoms with Gasteiger partial charge < -0.3 is 14.5 Å². The van der Waals surface area contributed by atoms with Crippen LogP contribution in [0.25, 0.3) is 17.1 Å². The minimum absolute atomic E-state index is 0.0379. The highest BCUT2D eigenvalue weighted by Gasteiger charge is 2.25. The number of benzene rings is 3. The Bertz CT molecular complexity index is 1650. The number of nitrogens with zero attached hydrogens (tertiary/aromatic N) is 6. The van der Waals surface area contributed by atoms with E-state index in [0.717, 1.165) is 56.8 Å². The van der Waals surface area contributed by atoms with E-state index >= 15 is 0 Å². The molecular formula is C30H27ClN6O2S2. The molecule has 0 bridgehead atoms. The van der Waals surface area contributed by atoms with Gasteiger partial charge in [-0.2, -0.15) is 0 Å². The molecule has 1 saturated heterocycles. The van der Waals surface area contributed by atoms with E-state index in [1.807, 2.05) is 93.7 Å². The van der Waals surface area contributed by atoms with E-state index in [9.17, 15) is 4.79 Å².